The number of unbranched alkanes of at least 4 members (excludes halogenated alkanes) is 2. The average molecular weight is 373 g/mol. The lowest BCUT2D eigenvalue weighted by Crippen LogP contribution is -2.24. The Morgan fingerprint density at radius 3 is 2.37 bits per heavy atom. The van der Waals surface area contributed by atoms with E-state index in [0.717, 1.165) is 31.4 Å². The normalized spacial score (nSPS) is 10.4. The van der Waals surface area contributed by atoms with Crippen molar-refractivity contribution in [3.63, 3.8) is 0 Å². The maximum absolute atomic E-state index is 12.8. The lowest BCUT2D eigenvalue weighted by molar-refractivity contribution is -0.121. The van der Waals surface area contributed by atoms with Gasteiger partial charge < -0.3 is 14.8 Å². The monoisotopic (exact) mass is 373 g/mol. The van der Waals surface area contributed by atoms with Crippen LogP contribution >= 0.6 is 0 Å². The van der Waals surface area contributed by atoms with Gasteiger partial charge in [0.25, 0.3) is 0 Å². The molecule has 0 fully saturated rings. The highest BCUT2D eigenvalue weighted by Gasteiger charge is 2.01. The van der Waals surface area contributed by atoms with Gasteiger partial charge in [-0.1, -0.05) is 12.1 Å². The first-order chi connectivity index (χ1) is 13.1. The van der Waals surface area contributed by atoms with Gasteiger partial charge in [0.05, 0.1) is 13.2 Å². The molecule has 0 spiro atoms. The lowest BCUT2D eigenvalue weighted by Gasteiger charge is -2.08. The lowest BCUT2D eigenvalue weighted by atomic mass is 10.2. The van der Waals surface area contributed by atoms with Crippen molar-refractivity contribution < 1.29 is 18.7 Å². The van der Waals surface area contributed by atoms with Gasteiger partial charge in [-0.15, -0.1) is 0 Å². The summed E-state index contributed by atoms with van der Waals surface area (Å²) in [6, 6.07) is 13.9. The van der Waals surface area contributed by atoms with Gasteiger partial charge in [-0.05, 0) is 74.6 Å². The molecule has 0 aliphatic carbocycles. The Morgan fingerprint density at radius 2 is 1.63 bits per heavy atom. The minimum atomic E-state index is -0.271. The maximum Gasteiger partial charge on any atom is 0.219 e. The van der Waals surface area contributed by atoms with Gasteiger partial charge in [0.2, 0.25) is 5.91 Å². The highest BCUT2D eigenvalue weighted by atomic mass is 19.1. The van der Waals surface area contributed by atoms with Crippen molar-refractivity contribution in [2.45, 2.75) is 39.0 Å². The smallest absolute Gasteiger partial charge is 0.219 e. The van der Waals surface area contributed by atoms with Crippen molar-refractivity contribution in [3.05, 3.63) is 59.9 Å². The molecule has 0 radical (unpaired) electrons. The average Bonchev–Trinajstić information content (AvgIpc) is 2.66. The number of rotatable bonds is 12. The zero-order chi connectivity index (χ0) is 19.3. The second-order valence-electron chi connectivity index (χ2n) is 6.48. The number of carbonyl (C=O) groups is 1. The Labute approximate surface area is 160 Å². The molecule has 146 valence electrons. The second kappa shape index (κ2) is 11.9. The molecule has 27 heavy (non-hydrogen) atoms. The van der Waals surface area contributed by atoms with E-state index < -0.39 is 0 Å². The fourth-order valence-electron chi connectivity index (χ4n) is 2.55. The molecule has 0 aromatic heterocycles. The van der Waals surface area contributed by atoms with Gasteiger partial charge in [-0.25, -0.2) is 4.39 Å². The van der Waals surface area contributed by atoms with E-state index in [9.17, 15) is 9.18 Å². The molecular weight excluding hydrogens is 345 g/mol. The van der Waals surface area contributed by atoms with Crippen LogP contribution in [0.1, 0.15) is 37.7 Å². The van der Waals surface area contributed by atoms with Gasteiger partial charge in [0, 0.05) is 13.0 Å². The molecule has 4 nitrogen and oxygen atoms in total. The summed E-state index contributed by atoms with van der Waals surface area (Å²) < 4.78 is 24.0. The maximum atomic E-state index is 12.8. The quantitative estimate of drug-likeness (QED) is 0.551. The number of halogens is 1. The standard InChI is InChI=1S/C22H28FNO3/c1-18-7-6-8-21(17-18)27-15-4-2-9-22(25)24-14-3-5-16-26-20-12-10-19(23)11-13-20/h6-8,10-13,17H,2-5,9,14-16H2,1H3,(H,24,25). The molecule has 1 N–H and O–H groups in total. The van der Waals surface area contributed by atoms with E-state index in [-0.39, 0.29) is 11.7 Å². The molecule has 0 aliphatic rings. The van der Waals surface area contributed by atoms with Gasteiger partial charge in [0.15, 0.2) is 0 Å². The number of ether oxygens (including phenoxy) is 2. The first-order valence-corrected chi connectivity index (χ1v) is 9.48. The van der Waals surface area contributed by atoms with Crippen LogP contribution in [0.3, 0.4) is 0 Å². The number of nitrogens with one attached hydrogen (secondary N) is 1. The van der Waals surface area contributed by atoms with Crippen LogP contribution in [0.5, 0.6) is 11.5 Å². The summed E-state index contributed by atoms with van der Waals surface area (Å²) in [5, 5.41) is 2.92. The molecule has 2 aromatic carbocycles. The van der Waals surface area contributed by atoms with Crippen molar-refractivity contribution in [2.24, 2.45) is 0 Å². The van der Waals surface area contributed by atoms with Crippen LogP contribution < -0.4 is 14.8 Å². The van der Waals surface area contributed by atoms with Crippen LogP contribution in [-0.2, 0) is 4.79 Å². The third kappa shape index (κ3) is 9.08. The Morgan fingerprint density at radius 1 is 0.926 bits per heavy atom. The van der Waals surface area contributed by atoms with E-state index in [1.165, 1.54) is 17.7 Å². The molecule has 1 amide bonds. The summed E-state index contributed by atoms with van der Waals surface area (Å²) in [6.45, 7) is 3.85. The molecule has 0 unspecified atom stereocenters. The number of hydrogen-bond donors (Lipinski definition) is 1. The van der Waals surface area contributed by atoms with Crippen LogP contribution in [0.4, 0.5) is 4.39 Å². The Kier molecular flexibility index (Phi) is 9.18. The SMILES string of the molecule is Cc1cccc(OCCCCC(=O)NCCCCOc2ccc(F)cc2)c1. The fraction of sp³-hybridized carbons (Fsp3) is 0.409. The third-order valence-electron chi connectivity index (χ3n) is 4.03. The number of carbonyl (C=O) groups excluding carboxylic acids is 1. The zero-order valence-corrected chi connectivity index (χ0v) is 15.9. The summed E-state index contributed by atoms with van der Waals surface area (Å²) >= 11 is 0. The molecule has 2 aromatic rings. The van der Waals surface area contributed by atoms with Crippen LogP contribution in [-0.4, -0.2) is 25.7 Å². The van der Waals surface area contributed by atoms with Crippen molar-refractivity contribution in [1.29, 1.82) is 0 Å². The van der Waals surface area contributed by atoms with Crippen LogP contribution in [0, 0.1) is 12.7 Å². The van der Waals surface area contributed by atoms with Crippen molar-refractivity contribution in [2.75, 3.05) is 19.8 Å². The van der Waals surface area contributed by atoms with Crippen LogP contribution in [0.15, 0.2) is 48.5 Å². The molecule has 2 rings (SSSR count). The van der Waals surface area contributed by atoms with Gasteiger partial charge >= 0.3 is 0 Å². The Balaban J connectivity index is 1.42. The zero-order valence-electron chi connectivity index (χ0n) is 15.9. The van der Waals surface area contributed by atoms with Crippen LogP contribution in [0.25, 0.3) is 0 Å². The van der Waals surface area contributed by atoms with E-state index in [0.29, 0.717) is 31.9 Å². The number of amides is 1. The molecule has 0 bridgehead atoms. The summed E-state index contributed by atoms with van der Waals surface area (Å²) in [6.07, 6.45) is 3.87. The van der Waals surface area contributed by atoms with Crippen molar-refractivity contribution in [3.8, 4) is 11.5 Å². The second-order valence-corrected chi connectivity index (χ2v) is 6.48. The highest BCUT2D eigenvalue weighted by Crippen LogP contribution is 2.13. The summed E-state index contributed by atoms with van der Waals surface area (Å²) in [5.74, 6) is 1.34. The highest BCUT2D eigenvalue weighted by molar-refractivity contribution is 5.75. The fourth-order valence-corrected chi connectivity index (χ4v) is 2.55. The molecule has 0 saturated carbocycles. The number of benzene rings is 2. The van der Waals surface area contributed by atoms with Crippen molar-refractivity contribution >= 4 is 5.91 Å². The van der Waals surface area contributed by atoms with Gasteiger partial charge in [-0.3, -0.25) is 4.79 Å². The number of hydrogen-bond acceptors (Lipinski definition) is 3. The van der Waals surface area contributed by atoms with E-state index in [1.54, 1.807) is 12.1 Å². The largest absolute Gasteiger partial charge is 0.494 e. The molecule has 0 saturated heterocycles. The Hall–Kier alpha value is -2.56. The molecule has 0 heterocycles. The van der Waals surface area contributed by atoms with E-state index >= 15 is 0 Å². The van der Waals surface area contributed by atoms with Gasteiger partial charge in [-0.2, -0.15) is 0 Å². The first-order valence-electron chi connectivity index (χ1n) is 9.48. The first kappa shape index (κ1) is 20.7. The summed E-state index contributed by atoms with van der Waals surface area (Å²) in [7, 11) is 0. The minimum absolute atomic E-state index is 0.0741. The molecule has 0 atom stereocenters. The van der Waals surface area contributed by atoms with E-state index in [4.69, 9.17) is 9.47 Å². The summed E-state index contributed by atoms with van der Waals surface area (Å²) in [4.78, 5) is 11.8. The van der Waals surface area contributed by atoms with E-state index in [1.807, 2.05) is 31.2 Å². The predicted molar refractivity (Wildman–Crippen MR) is 105 cm³/mol. The molecular formula is C22H28FNO3. The summed E-state index contributed by atoms with van der Waals surface area (Å²) in [5.41, 5.74) is 1.18. The predicted octanol–water partition coefficient (Wildman–Crippen LogP) is 4.66. The van der Waals surface area contributed by atoms with E-state index in [2.05, 4.69) is 5.32 Å². The Bertz CT molecular complexity index is 688. The van der Waals surface area contributed by atoms with Crippen molar-refractivity contribution in [1.82, 2.24) is 5.32 Å². The molecule has 5 heteroatoms. The third-order valence-corrected chi connectivity index (χ3v) is 4.03. The van der Waals surface area contributed by atoms with Crippen LogP contribution in [0.2, 0.25) is 0 Å². The molecule has 0 aliphatic heterocycles. The number of aryl methyl sites for hydroxylation is 1. The topological polar surface area (TPSA) is 47.6 Å². The van der Waals surface area contributed by atoms with Gasteiger partial charge in [0.1, 0.15) is 17.3 Å². The minimum Gasteiger partial charge on any atom is -0.494 e.